The summed E-state index contributed by atoms with van der Waals surface area (Å²) in [5.74, 6) is -7.69. The van der Waals surface area contributed by atoms with E-state index >= 15 is 8.78 Å². The number of halogens is 4. The van der Waals surface area contributed by atoms with Crippen molar-refractivity contribution >= 4 is 58.8 Å². The Morgan fingerprint density at radius 2 is 1.74 bits per heavy atom. The molecule has 3 aromatic carbocycles. The molecule has 1 heterocycles. The molecule has 1 aliphatic heterocycles. The van der Waals surface area contributed by atoms with Gasteiger partial charge in [-0.05, 0) is 60.2 Å². The number of nitrogens with zero attached hydrogens (tertiary/aromatic N) is 1. The van der Waals surface area contributed by atoms with Crippen LogP contribution < -0.4 is 20.7 Å². The highest BCUT2D eigenvalue weighted by Gasteiger charge is 2.61. The third-order valence-electron chi connectivity index (χ3n) is 9.21. The zero-order chi connectivity index (χ0) is 42.4. The zero-order valence-corrected chi connectivity index (χ0v) is 32.8. The molecule has 1 aliphatic rings. The second-order valence-corrected chi connectivity index (χ2v) is 15.3. The number of anilines is 1. The maximum Gasteiger partial charge on any atom is 0.410 e. The Labute approximate surface area is 336 Å². The van der Waals surface area contributed by atoms with E-state index in [2.05, 4.69) is 16.7 Å². The lowest BCUT2D eigenvalue weighted by Crippen LogP contribution is -2.45. The third-order valence-corrected chi connectivity index (χ3v) is 9.74. The molecule has 0 bridgehead atoms. The Morgan fingerprint density at radius 1 is 1.04 bits per heavy atom. The number of alkyl carbamates (subject to hydrolysis) is 1. The van der Waals surface area contributed by atoms with E-state index < -0.39 is 95.5 Å². The van der Waals surface area contributed by atoms with Crippen LogP contribution >= 0.6 is 23.2 Å². The molecule has 0 radical (unpaired) electrons. The summed E-state index contributed by atoms with van der Waals surface area (Å²) < 4.78 is 47.5. The molecule has 6 atom stereocenters. The first-order valence-corrected chi connectivity index (χ1v) is 18.2. The molecule has 1 fully saturated rings. The molecule has 57 heavy (non-hydrogen) atoms. The van der Waals surface area contributed by atoms with E-state index in [1.165, 1.54) is 62.6 Å². The number of methoxy groups -OCH3 is 1. The van der Waals surface area contributed by atoms with Gasteiger partial charge in [-0.3, -0.25) is 9.59 Å². The first-order chi connectivity index (χ1) is 26.7. The first-order valence-electron chi connectivity index (χ1n) is 17.4. The van der Waals surface area contributed by atoms with E-state index in [9.17, 15) is 34.3 Å². The summed E-state index contributed by atoms with van der Waals surface area (Å²) >= 11 is 12.3. The van der Waals surface area contributed by atoms with Crippen molar-refractivity contribution in [3.05, 3.63) is 93.0 Å². The number of nitriles is 1. The van der Waals surface area contributed by atoms with Crippen molar-refractivity contribution in [1.29, 1.82) is 5.26 Å². The van der Waals surface area contributed by atoms with Crippen molar-refractivity contribution in [2.75, 3.05) is 12.4 Å². The van der Waals surface area contributed by atoms with Gasteiger partial charge in [-0.1, -0.05) is 62.2 Å². The molecule has 304 valence electrons. The Hall–Kier alpha value is -5.50. The number of nitrogens with one attached hydrogen (secondary N) is 3. The second kappa shape index (κ2) is 18.2. The number of esters is 1. The van der Waals surface area contributed by atoms with Crippen molar-refractivity contribution in [2.24, 2.45) is 5.41 Å². The lowest BCUT2D eigenvalue weighted by Gasteiger charge is -2.37. The number of aliphatic carboxylic acids is 2. The van der Waals surface area contributed by atoms with Crippen molar-refractivity contribution in [1.82, 2.24) is 10.6 Å². The number of ether oxygens (including phenoxy) is 3. The summed E-state index contributed by atoms with van der Waals surface area (Å²) in [6.45, 7) is 6.87. The smallest absolute Gasteiger partial charge is 0.410 e. The topological polar surface area (TPSA) is 213 Å². The minimum atomic E-state index is -1.88. The number of hydrogen-bond donors (Lipinski definition) is 5. The molecule has 2 amide bonds. The molecular formula is C39H40Cl2F2N4O10. The van der Waals surface area contributed by atoms with Crippen LogP contribution in [0.4, 0.5) is 19.3 Å². The number of amides is 2. The van der Waals surface area contributed by atoms with Gasteiger partial charge in [0.2, 0.25) is 12.2 Å². The molecule has 5 N–H and O–H groups in total. The van der Waals surface area contributed by atoms with E-state index in [1.54, 1.807) is 0 Å². The molecular weight excluding hydrogens is 793 g/mol. The summed E-state index contributed by atoms with van der Waals surface area (Å²) in [5.41, 5.74) is -2.67. The highest BCUT2D eigenvalue weighted by Crippen LogP contribution is 2.53. The average Bonchev–Trinajstić information content (AvgIpc) is 3.43. The maximum absolute atomic E-state index is 16.0. The lowest BCUT2D eigenvalue weighted by molar-refractivity contribution is -0.141. The van der Waals surface area contributed by atoms with Crippen LogP contribution in [-0.2, 0) is 29.3 Å². The van der Waals surface area contributed by atoms with E-state index in [0.29, 0.717) is 0 Å². The molecule has 3 aromatic rings. The lowest BCUT2D eigenvalue weighted by atomic mass is 9.62. The second-order valence-electron chi connectivity index (χ2n) is 14.4. The van der Waals surface area contributed by atoms with Crippen LogP contribution in [0.3, 0.4) is 0 Å². The predicted octanol–water partition coefficient (Wildman–Crippen LogP) is 6.79. The highest BCUT2D eigenvalue weighted by atomic mass is 35.5. The van der Waals surface area contributed by atoms with Gasteiger partial charge >= 0.3 is 24.0 Å². The fourth-order valence-electron chi connectivity index (χ4n) is 6.78. The molecule has 0 saturated carbocycles. The predicted molar refractivity (Wildman–Crippen MR) is 202 cm³/mol. The van der Waals surface area contributed by atoms with Gasteiger partial charge in [0.15, 0.2) is 0 Å². The van der Waals surface area contributed by atoms with Crippen molar-refractivity contribution in [2.45, 2.75) is 82.7 Å². The van der Waals surface area contributed by atoms with Gasteiger partial charge in [-0.25, -0.2) is 23.2 Å². The van der Waals surface area contributed by atoms with E-state index in [-0.39, 0.29) is 44.6 Å². The monoisotopic (exact) mass is 832 g/mol. The summed E-state index contributed by atoms with van der Waals surface area (Å²) in [7, 11) is 1.25. The van der Waals surface area contributed by atoms with Crippen LogP contribution in [0, 0.1) is 28.4 Å². The zero-order valence-electron chi connectivity index (χ0n) is 31.3. The summed E-state index contributed by atoms with van der Waals surface area (Å²) in [4.78, 5) is 61.8. The van der Waals surface area contributed by atoms with Crippen LogP contribution in [0.1, 0.15) is 74.4 Å². The fourth-order valence-corrected chi connectivity index (χ4v) is 7.12. The quantitative estimate of drug-likeness (QED) is 0.0840. The first kappa shape index (κ1) is 44.2. The van der Waals surface area contributed by atoms with Crippen molar-refractivity contribution in [3.63, 3.8) is 0 Å². The van der Waals surface area contributed by atoms with E-state index in [0.717, 1.165) is 6.07 Å². The number of rotatable bonds is 14. The van der Waals surface area contributed by atoms with Crippen LogP contribution in [0.25, 0.3) is 0 Å². The largest absolute Gasteiger partial charge is 0.495 e. The Kier molecular flexibility index (Phi) is 14.1. The van der Waals surface area contributed by atoms with Gasteiger partial charge in [0, 0.05) is 35.9 Å². The number of carboxylic acid groups (broad SMARTS) is 2. The molecule has 0 spiro atoms. The number of carbonyl (C=O) groups excluding carboxylic acids is 3. The molecule has 1 unspecified atom stereocenters. The van der Waals surface area contributed by atoms with Crippen LogP contribution in [0.2, 0.25) is 10.0 Å². The van der Waals surface area contributed by atoms with Crippen LogP contribution in [-0.4, -0.2) is 71.6 Å². The van der Waals surface area contributed by atoms with Crippen molar-refractivity contribution < 1.29 is 57.2 Å². The Bertz CT molecular complexity index is 2090. The standard InChI is InChI=1S/C39H40Cl2F2N4O10/c1-19(57-37(54)46-27(35(51)52)13-14-30(48)49)56-36(53)20-9-12-26(28(15-20)55-5)45-34(50)33-31(22-7-6-8-24(41)32(22)43)39(18-44,29(47-33)17-38(2,3)4)23-11-10-21(40)16-25(23)42/h6-12,15-16,19,27,29,31,33,47H,13-14,17H2,1-5H3,(H,45,50)(H,46,54)(H,48,49)(H,51,52)/t19-,27?,29-,31-,33+,39-/m0/s1. The van der Waals surface area contributed by atoms with E-state index in [1.807, 2.05) is 26.1 Å². The SMILES string of the molecule is COc1cc(C(=O)O[C@H](C)OC(=O)NC(CCC(=O)O)C(=O)O)ccc1NC(=O)[C@@H]1N[C@@H](CC(C)(C)C)[C@](C#N)(c2ccc(Cl)cc2F)[C@H]1c1cccc(Cl)c1F. The van der Waals surface area contributed by atoms with Gasteiger partial charge < -0.3 is 40.4 Å². The molecule has 14 nitrogen and oxygen atoms in total. The maximum atomic E-state index is 16.0. The average molecular weight is 834 g/mol. The highest BCUT2D eigenvalue weighted by molar-refractivity contribution is 6.31. The number of carboxylic acids is 2. The van der Waals surface area contributed by atoms with Crippen LogP contribution in [0.5, 0.6) is 5.75 Å². The third kappa shape index (κ3) is 10.3. The molecule has 4 rings (SSSR count). The van der Waals surface area contributed by atoms with Crippen LogP contribution in [0.15, 0.2) is 54.6 Å². The number of hydrogen-bond acceptors (Lipinski definition) is 10. The Balaban J connectivity index is 1.64. The molecule has 18 heteroatoms. The summed E-state index contributed by atoms with van der Waals surface area (Å²) in [6.07, 6.45) is -3.56. The van der Waals surface area contributed by atoms with Crippen molar-refractivity contribution in [3.8, 4) is 11.8 Å². The van der Waals surface area contributed by atoms with Gasteiger partial charge in [-0.2, -0.15) is 5.26 Å². The van der Waals surface area contributed by atoms with Gasteiger partial charge in [0.05, 0.1) is 35.5 Å². The van der Waals surface area contributed by atoms with E-state index in [4.69, 9.17) is 42.5 Å². The minimum Gasteiger partial charge on any atom is -0.495 e. The molecule has 0 aromatic heterocycles. The summed E-state index contributed by atoms with van der Waals surface area (Å²) in [5, 5.41) is 36.8. The minimum absolute atomic E-state index is 0.0374. The number of carbonyl (C=O) groups is 5. The van der Waals surface area contributed by atoms with Gasteiger partial charge in [-0.15, -0.1) is 0 Å². The van der Waals surface area contributed by atoms with Gasteiger partial charge in [0.25, 0.3) is 0 Å². The Morgan fingerprint density at radius 3 is 2.33 bits per heavy atom. The number of benzene rings is 3. The normalized spacial score (nSPS) is 20.0. The summed E-state index contributed by atoms with van der Waals surface area (Å²) in [6, 6.07) is 10.1. The molecule has 0 aliphatic carbocycles. The van der Waals surface area contributed by atoms with Gasteiger partial charge in [0.1, 0.15) is 28.8 Å². The molecule has 1 saturated heterocycles. The fraction of sp³-hybridized carbons (Fsp3) is 0.385.